The second-order valence-electron chi connectivity index (χ2n) is 3.26. The van der Waals surface area contributed by atoms with Crippen molar-refractivity contribution in [3.8, 4) is 0 Å². The lowest BCUT2D eigenvalue weighted by atomic mass is 9.98. The highest BCUT2D eigenvalue weighted by Crippen LogP contribution is 2.12. The van der Waals surface area contributed by atoms with E-state index in [-0.39, 0.29) is 18.2 Å². The smallest absolute Gasteiger partial charge is 0.317 e. The summed E-state index contributed by atoms with van der Waals surface area (Å²) < 4.78 is 0. The summed E-state index contributed by atoms with van der Waals surface area (Å²) in [5.41, 5.74) is 0. The SMILES string of the molecule is CC1CCN(CC(=O)O)CC1=O.CO. The summed E-state index contributed by atoms with van der Waals surface area (Å²) in [7, 11) is 1.00. The molecule has 0 aromatic rings. The average molecular weight is 203 g/mol. The summed E-state index contributed by atoms with van der Waals surface area (Å²) >= 11 is 0. The Morgan fingerprint density at radius 1 is 1.57 bits per heavy atom. The molecule has 0 aromatic heterocycles. The number of piperidine rings is 1. The van der Waals surface area contributed by atoms with Crippen LogP contribution in [0.25, 0.3) is 0 Å². The van der Waals surface area contributed by atoms with Gasteiger partial charge in [-0.2, -0.15) is 0 Å². The number of carbonyl (C=O) groups is 2. The van der Waals surface area contributed by atoms with Gasteiger partial charge in [-0.15, -0.1) is 0 Å². The number of carboxylic acid groups (broad SMARTS) is 1. The predicted octanol–water partition coefficient (Wildman–Crippen LogP) is -0.410. The van der Waals surface area contributed by atoms with Crippen LogP contribution in [0.3, 0.4) is 0 Å². The van der Waals surface area contributed by atoms with Crippen molar-refractivity contribution in [3.05, 3.63) is 0 Å². The number of Topliss-reactive ketones (excluding diaryl/α,β-unsaturated/α-hetero) is 1. The zero-order valence-corrected chi connectivity index (χ0v) is 8.56. The van der Waals surface area contributed by atoms with Crippen LogP contribution >= 0.6 is 0 Å². The molecule has 1 aliphatic heterocycles. The molecule has 0 aliphatic carbocycles. The molecule has 1 atom stereocenters. The Bertz CT molecular complexity index is 205. The number of likely N-dealkylation sites (tertiary alicyclic amines) is 1. The first-order chi connectivity index (χ1) is 6.59. The molecule has 82 valence electrons. The lowest BCUT2D eigenvalue weighted by Crippen LogP contribution is -2.42. The van der Waals surface area contributed by atoms with Gasteiger partial charge in [0, 0.05) is 13.0 Å². The second-order valence-corrected chi connectivity index (χ2v) is 3.26. The molecule has 0 radical (unpaired) electrons. The number of aliphatic hydroxyl groups is 1. The summed E-state index contributed by atoms with van der Waals surface area (Å²) in [5, 5.41) is 15.5. The lowest BCUT2D eigenvalue weighted by Gasteiger charge is -2.27. The van der Waals surface area contributed by atoms with Crippen LogP contribution in [0.15, 0.2) is 0 Å². The standard InChI is InChI=1S/C8H13NO3.CH4O/c1-6-2-3-9(4-7(6)10)5-8(11)12;1-2/h6H,2-5H2,1H3,(H,11,12);2H,1H3. The van der Waals surface area contributed by atoms with Crippen molar-refractivity contribution in [1.82, 2.24) is 4.90 Å². The van der Waals surface area contributed by atoms with Gasteiger partial charge in [0.15, 0.2) is 0 Å². The Morgan fingerprint density at radius 2 is 2.14 bits per heavy atom. The van der Waals surface area contributed by atoms with E-state index in [2.05, 4.69) is 0 Å². The van der Waals surface area contributed by atoms with Gasteiger partial charge >= 0.3 is 5.97 Å². The molecule has 0 saturated carbocycles. The number of nitrogens with zero attached hydrogens (tertiary/aromatic N) is 1. The van der Waals surface area contributed by atoms with Gasteiger partial charge in [-0.05, 0) is 13.0 Å². The number of hydrogen-bond acceptors (Lipinski definition) is 4. The maximum Gasteiger partial charge on any atom is 0.317 e. The molecule has 0 amide bonds. The Hall–Kier alpha value is -0.940. The van der Waals surface area contributed by atoms with Crippen LogP contribution in [0, 0.1) is 5.92 Å². The minimum atomic E-state index is -0.864. The zero-order chi connectivity index (χ0) is 11.1. The van der Waals surface area contributed by atoms with E-state index < -0.39 is 5.97 Å². The Labute approximate surface area is 83.3 Å². The highest BCUT2D eigenvalue weighted by Gasteiger charge is 2.24. The number of ketones is 1. The molecule has 0 aromatic carbocycles. The quantitative estimate of drug-likeness (QED) is 0.638. The second kappa shape index (κ2) is 6.50. The summed E-state index contributed by atoms with van der Waals surface area (Å²) in [6.07, 6.45) is 0.784. The van der Waals surface area contributed by atoms with E-state index in [1.54, 1.807) is 4.90 Å². The fourth-order valence-corrected chi connectivity index (χ4v) is 1.32. The minimum absolute atomic E-state index is 0.0154. The van der Waals surface area contributed by atoms with Crippen molar-refractivity contribution in [2.45, 2.75) is 13.3 Å². The van der Waals surface area contributed by atoms with Crippen LogP contribution in [0.5, 0.6) is 0 Å². The van der Waals surface area contributed by atoms with Gasteiger partial charge in [-0.25, -0.2) is 0 Å². The summed E-state index contributed by atoms with van der Waals surface area (Å²) in [6.45, 7) is 2.89. The minimum Gasteiger partial charge on any atom is -0.480 e. The van der Waals surface area contributed by atoms with Crippen molar-refractivity contribution in [2.24, 2.45) is 5.92 Å². The summed E-state index contributed by atoms with van der Waals surface area (Å²) in [5.74, 6) is -0.602. The van der Waals surface area contributed by atoms with E-state index in [1.165, 1.54) is 0 Å². The monoisotopic (exact) mass is 203 g/mol. The fourth-order valence-electron chi connectivity index (χ4n) is 1.32. The largest absolute Gasteiger partial charge is 0.480 e. The van der Waals surface area contributed by atoms with Crippen LogP contribution in [0.1, 0.15) is 13.3 Å². The van der Waals surface area contributed by atoms with E-state index in [0.29, 0.717) is 6.54 Å². The third-order valence-corrected chi connectivity index (χ3v) is 2.17. The maximum atomic E-state index is 11.2. The number of carboxylic acids is 1. The topological polar surface area (TPSA) is 77.8 Å². The highest BCUT2D eigenvalue weighted by molar-refractivity contribution is 5.84. The van der Waals surface area contributed by atoms with Gasteiger partial charge in [0.2, 0.25) is 0 Å². The van der Waals surface area contributed by atoms with E-state index in [9.17, 15) is 9.59 Å². The van der Waals surface area contributed by atoms with Crippen LogP contribution in [0.4, 0.5) is 0 Å². The van der Waals surface area contributed by atoms with Gasteiger partial charge in [-0.1, -0.05) is 6.92 Å². The van der Waals surface area contributed by atoms with E-state index in [0.717, 1.165) is 20.1 Å². The number of hydrogen-bond donors (Lipinski definition) is 2. The molecule has 2 N–H and O–H groups in total. The van der Waals surface area contributed by atoms with Crippen LogP contribution in [-0.2, 0) is 9.59 Å². The van der Waals surface area contributed by atoms with Gasteiger partial charge in [0.05, 0.1) is 13.1 Å². The molecular formula is C9H17NO4. The van der Waals surface area contributed by atoms with Crippen LogP contribution in [-0.4, -0.2) is 53.6 Å². The number of aliphatic hydroxyl groups excluding tert-OH is 1. The molecule has 1 rings (SSSR count). The van der Waals surface area contributed by atoms with Crippen molar-refractivity contribution >= 4 is 11.8 Å². The molecule has 0 spiro atoms. The third kappa shape index (κ3) is 4.34. The Morgan fingerprint density at radius 3 is 2.57 bits per heavy atom. The fraction of sp³-hybridized carbons (Fsp3) is 0.778. The van der Waals surface area contributed by atoms with E-state index in [4.69, 9.17) is 10.2 Å². The molecule has 5 heteroatoms. The molecular weight excluding hydrogens is 186 g/mol. The number of rotatable bonds is 2. The molecule has 0 bridgehead atoms. The molecule has 1 fully saturated rings. The maximum absolute atomic E-state index is 11.2. The summed E-state index contributed by atoms with van der Waals surface area (Å²) in [6, 6.07) is 0. The van der Waals surface area contributed by atoms with Crippen molar-refractivity contribution in [2.75, 3.05) is 26.7 Å². The van der Waals surface area contributed by atoms with E-state index in [1.807, 2.05) is 6.92 Å². The normalized spacial score (nSPS) is 22.5. The Balaban J connectivity index is 0.000000791. The first-order valence-corrected chi connectivity index (χ1v) is 4.51. The van der Waals surface area contributed by atoms with Gasteiger partial charge in [0.1, 0.15) is 5.78 Å². The summed E-state index contributed by atoms with van der Waals surface area (Å²) in [4.78, 5) is 23.1. The lowest BCUT2D eigenvalue weighted by molar-refractivity contribution is -0.139. The van der Waals surface area contributed by atoms with Gasteiger partial charge in [0.25, 0.3) is 0 Å². The van der Waals surface area contributed by atoms with E-state index >= 15 is 0 Å². The van der Waals surface area contributed by atoms with Crippen molar-refractivity contribution in [3.63, 3.8) is 0 Å². The average Bonchev–Trinajstić information content (AvgIpc) is 2.14. The van der Waals surface area contributed by atoms with Crippen LogP contribution < -0.4 is 0 Å². The predicted molar refractivity (Wildman–Crippen MR) is 51.0 cm³/mol. The molecule has 1 saturated heterocycles. The van der Waals surface area contributed by atoms with Crippen LogP contribution in [0.2, 0.25) is 0 Å². The van der Waals surface area contributed by atoms with Crippen molar-refractivity contribution in [1.29, 1.82) is 0 Å². The van der Waals surface area contributed by atoms with Gasteiger partial charge in [-0.3, -0.25) is 14.5 Å². The zero-order valence-electron chi connectivity index (χ0n) is 8.56. The number of aliphatic carboxylic acids is 1. The molecule has 1 unspecified atom stereocenters. The van der Waals surface area contributed by atoms with Gasteiger partial charge < -0.3 is 10.2 Å². The first kappa shape index (κ1) is 13.1. The highest BCUT2D eigenvalue weighted by atomic mass is 16.4. The Kier molecular flexibility index (Phi) is 6.07. The van der Waals surface area contributed by atoms with Crippen molar-refractivity contribution < 1.29 is 19.8 Å². The molecule has 14 heavy (non-hydrogen) atoms. The molecule has 1 aliphatic rings. The molecule has 5 nitrogen and oxygen atoms in total. The number of carbonyl (C=O) groups excluding carboxylic acids is 1. The molecule has 1 heterocycles. The first-order valence-electron chi connectivity index (χ1n) is 4.51. The third-order valence-electron chi connectivity index (χ3n) is 2.17.